The number of pyridine rings is 2. The van der Waals surface area contributed by atoms with Crippen molar-refractivity contribution in [2.24, 2.45) is 0 Å². The van der Waals surface area contributed by atoms with Crippen molar-refractivity contribution < 1.29 is 14.3 Å². The Kier molecular flexibility index (Phi) is 5.93. The van der Waals surface area contributed by atoms with Gasteiger partial charge in [-0.3, -0.25) is 9.78 Å². The summed E-state index contributed by atoms with van der Waals surface area (Å²) in [4.78, 5) is 26.7. The lowest BCUT2D eigenvalue weighted by Crippen LogP contribution is -2.44. The third-order valence-electron chi connectivity index (χ3n) is 6.37. The number of likely N-dealkylation sites (N-methyl/N-ethyl adjacent to an activating group) is 1. The van der Waals surface area contributed by atoms with Gasteiger partial charge in [0.2, 0.25) is 0 Å². The fourth-order valence-electron chi connectivity index (χ4n) is 4.49. The van der Waals surface area contributed by atoms with Gasteiger partial charge in [-0.05, 0) is 31.3 Å². The first-order chi connectivity index (χ1) is 16.6. The van der Waals surface area contributed by atoms with E-state index in [1.807, 2.05) is 30.5 Å². The highest BCUT2D eigenvalue weighted by Crippen LogP contribution is 2.41. The number of methoxy groups -OCH3 is 2. The summed E-state index contributed by atoms with van der Waals surface area (Å²) in [6.45, 7) is 4.44. The Balaban J connectivity index is 1.45. The minimum Gasteiger partial charge on any atom is -0.493 e. The predicted octanol–water partition coefficient (Wildman–Crippen LogP) is 2.90. The zero-order chi connectivity index (χ0) is 23.7. The number of fused-ring (bicyclic) bond motifs is 1. The van der Waals surface area contributed by atoms with Crippen molar-refractivity contribution in [2.75, 3.05) is 57.7 Å². The molecule has 0 spiro atoms. The molecule has 34 heavy (non-hydrogen) atoms. The summed E-state index contributed by atoms with van der Waals surface area (Å²) < 4.78 is 11.0. The number of carbonyl (C=O) groups excluding carboxylic acids is 1. The predicted molar refractivity (Wildman–Crippen MR) is 131 cm³/mol. The van der Waals surface area contributed by atoms with Crippen molar-refractivity contribution in [1.82, 2.24) is 20.2 Å². The van der Waals surface area contributed by atoms with Crippen LogP contribution in [-0.2, 0) is 6.54 Å². The monoisotopic (exact) mass is 460 g/mol. The highest BCUT2D eigenvalue weighted by atomic mass is 16.5. The second-order valence-corrected chi connectivity index (χ2v) is 8.41. The van der Waals surface area contributed by atoms with Gasteiger partial charge >= 0.3 is 0 Å². The Morgan fingerprint density at radius 3 is 2.53 bits per heavy atom. The number of aromatic nitrogens is 2. The minimum absolute atomic E-state index is 0.142. The van der Waals surface area contributed by atoms with Gasteiger partial charge in [-0.1, -0.05) is 6.07 Å². The van der Waals surface area contributed by atoms with Crippen molar-refractivity contribution in [1.29, 1.82) is 0 Å². The number of rotatable bonds is 6. The molecule has 2 aromatic heterocycles. The molecule has 1 fully saturated rings. The van der Waals surface area contributed by atoms with Crippen LogP contribution in [-0.4, -0.2) is 68.2 Å². The Hall–Kier alpha value is -3.85. The average Bonchev–Trinajstić information content (AvgIpc) is 3.26. The molecule has 0 saturated carbocycles. The van der Waals surface area contributed by atoms with Crippen LogP contribution >= 0.6 is 0 Å². The van der Waals surface area contributed by atoms with E-state index in [9.17, 15) is 4.79 Å². The van der Waals surface area contributed by atoms with Gasteiger partial charge in [0.25, 0.3) is 5.91 Å². The second-order valence-electron chi connectivity index (χ2n) is 8.41. The average molecular weight is 461 g/mol. The summed E-state index contributed by atoms with van der Waals surface area (Å²) >= 11 is 0. The molecule has 176 valence electrons. The number of hydrogen-bond donors (Lipinski definition) is 2. The molecule has 9 heteroatoms. The van der Waals surface area contributed by atoms with Gasteiger partial charge in [0.15, 0.2) is 11.5 Å². The molecule has 5 rings (SSSR count). The van der Waals surface area contributed by atoms with Crippen molar-refractivity contribution in [2.45, 2.75) is 6.54 Å². The summed E-state index contributed by atoms with van der Waals surface area (Å²) in [5, 5.41) is 6.21. The summed E-state index contributed by atoms with van der Waals surface area (Å²) in [7, 11) is 5.33. The first-order valence-corrected chi connectivity index (χ1v) is 11.3. The van der Waals surface area contributed by atoms with Crippen LogP contribution in [0, 0.1) is 0 Å². The molecule has 0 unspecified atom stereocenters. The fraction of sp³-hybridized carbons (Fsp3) is 0.320. The van der Waals surface area contributed by atoms with Crippen LogP contribution in [0.2, 0.25) is 0 Å². The molecule has 0 atom stereocenters. The van der Waals surface area contributed by atoms with E-state index in [4.69, 9.17) is 14.5 Å². The summed E-state index contributed by atoms with van der Waals surface area (Å²) in [5.41, 5.74) is 4.56. The standard InChI is InChI=1S/C25H28N6O3/c1-30-9-11-31(12-10-30)16-7-8-21(26-13-16)29-19-15-27-23(18-14-28-25(32)22(18)19)17-5-4-6-20(33-2)24(17)34-3/h4-8,13,15H,9-12,14H2,1-3H3,(H,26,29)(H,28,32). The number of amides is 1. The van der Waals surface area contributed by atoms with E-state index in [2.05, 4.69) is 38.5 Å². The van der Waals surface area contributed by atoms with Gasteiger partial charge < -0.3 is 29.9 Å². The topological polar surface area (TPSA) is 91.9 Å². The maximum absolute atomic E-state index is 12.8. The largest absolute Gasteiger partial charge is 0.493 e. The number of ether oxygens (including phenoxy) is 2. The maximum atomic E-state index is 12.8. The molecular weight excluding hydrogens is 432 g/mol. The van der Waals surface area contributed by atoms with Gasteiger partial charge in [0.05, 0.1) is 49.2 Å². The van der Waals surface area contributed by atoms with Crippen molar-refractivity contribution in [3.63, 3.8) is 0 Å². The van der Waals surface area contributed by atoms with Crippen molar-refractivity contribution in [3.8, 4) is 22.8 Å². The Bertz CT molecular complexity index is 1210. The van der Waals surface area contributed by atoms with Crippen LogP contribution in [0.3, 0.4) is 0 Å². The molecule has 1 aromatic carbocycles. The summed E-state index contributed by atoms with van der Waals surface area (Å²) in [6.07, 6.45) is 3.55. The molecular formula is C25H28N6O3. The van der Waals surface area contributed by atoms with E-state index < -0.39 is 0 Å². The van der Waals surface area contributed by atoms with Crippen molar-refractivity contribution >= 4 is 23.1 Å². The molecule has 1 amide bonds. The fourth-order valence-corrected chi connectivity index (χ4v) is 4.49. The number of carbonyl (C=O) groups is 1. The number of hydrogen-bond acceptors (Lipinski definition) is 8. The maximum Gasteiger partial charge on any atom is 0.254 e. The van der Waals surface area contributed by atoms with Gasteiger partial charge in [-0.2, -0.15) is 0 Å². The number of nitrogens with one attached hydrogen (secondary N) is 2. The Morgan fingerprint density at radius 2 is 1.82 bits per heavy atom. The van der Waals surface area contributed by atoms with E-state index in [0.717, 1.165) is 43.0 Å². The number of para-hydroxylation sites is 1. The van der Waals surface area contributed by atoms with E-state index in [1.54, 1.807) is 20.4 Å². The Labute approximate surface area is 198 Å². The highest BCUT2D eigenvalue weighted by Gasteiger charge is 2.29. The van der Waals surface area contributed by atoms with Gasteiger partial charge in [-0.25, -0.2) is 4.98 Å². The van der Waals surface area contributed by atoms with Crippen LogP contribution < -0.4 is 25.0 Å². The third-order valence-corrected chi connectivity index (χ3v) is 6.37. The second kappa shape index (κ2) is 9.18. The lowest BCUT2D eigenvalue weighted by molar-refractivity contribution is 0.0966. The number of benzene rings is 1. The molecule has 0 aliphatic carbocycles. The lowest BCUT2D eigenvalue weighted by atomic mass is 10.0. The minimum atomic E-state index is -0.142. The van der Waals surface area contributed by atoms with Crippen LogP contribution in [0.4, 0.5) is 17.2 Å². The molecule has 1 saturated heterocycles. The van der Waals surface area contributed by atoms with Crippen LogP contribution in [0.5, 0.6) is 11.5 Å². The van der Waals surface area contributed by atoms with Crippen LogP contribution in [0.15, 0.2) is 42.7 Å². The molecule has 2 aliphatic rings. The quantitative estimate of drug-likeness (QED) is 0.580. The third kappa shape index (κ3) is 3.99. The summed E-state index contributed by atoms with van der Waals surface area (Å²) in [5.74, 6) is 1.71. The lowest BCUT2D eigenvalue weighted by Gasteiger charge is -2.33. The van der Waals surface area contributed by atoms with E-state index in [1.165, 1.54) is 0 Å². The zero-order valence-electron chi connectivity index (χ0n) is 19.6. The number of anilines is 3. The van der Waals surface area contributed by atoms with Gasteiger partial charge in [0.1, 0.15) is 5.82 Å². The first-order valence-electron chi connectivity index (χ1n) is 11.3. The van der Waals surface area contributed by atoms with Crippen molar-refractivity contribution in [3.05, 3.63) is 53.9 Å². The number of piperazine rings is 1. The highest BCUT2D eigenvalue weighted by molar-refractivity contribution is 6.05. The molecule has 9 nitrogen and oxygen atoms in total. The molecule has 4 heterocycles. The summed E-state index contributed by atoms with van der Waals surface area (Å²) in [6, 6.07) is 9.63. The van der Waals surface area contributed by atoms with Crippen LogP contribution in [0.1, 0.15) is 15.9 Å². The van der Waals surface area contributed by atoms with E-state index in [0.29, 0.717) is 40.8 Å². The van der Waals surface area contributed by atoms with Gasteiger partial charge in [-0.15, -0.1) is 0 Å². The van der Waals surface area contributed by atoms with E-state index >= 15 is 0 Å². The SMILES string of the molecule is COc1cccc(-c2ncc(Nc3ccc(N4CCN(C)CC4)cn3)c3c2CNC3=O)c1OC. The normalized spacial score (nSPS) is 15.6. The first kappa shape index (κ1) is 22.0. The molecule has 2 N–H and O–H groups in total. The zero-order valence-corrected chi connectivity index (χ0v) is 19.6. The number of nitrogens with zero attached hydrogens (tertiary/aromatic N) is 4. The molecule has 0 radical (unpaired) electrons. The molecule has 2 aliphatic heterocycles. The Morgan fingerprint density at radius 1 is 1.00 bits per heavy atom. The smallest absolute Gasteiger partial charge is 0.254 e. The van der Waals surface area contributed by atoms with E-state index in [-0.39, 0.29) is 5.91 Å². The molecule has 0 bridgehead atoms. The molecule has 3 aromatic rings. The van der Waals surface area contributed by atoms with Gasteiger partial charge in [0, 0.05) is 43.9 Å². The van der Waals surface area contributed by atoms with Crippen LogP contribution in [0.25, 0.3) is 11.3 Å².